The molecule has 2 heterocycles. The highest BCUT2D eigenvalue weighted by Gasteiger charge is 2.17. The maximum absolute atomic E-state index is 12.0. The zero-order valence-corrected chi connectivity index (χ0v) is 15.0. The van der Waals surface area contributed by atoms with Crippen LogP contribution in [0.2, 0.25) is 5.02 Å². The summed E-state index contributed by atoms with van der Waals surface area (Å²) in [6.07, 6.45) is -0.550. The number of ether oxygens (including phenoxy) is 1. The molecule has 0 saturated carbocycles. The molecule has 1 atom stereocenters. The molecular weight excluding hydrogens is 360 g/mol. The number of oxazole rings is 1. The third kappa shape index (κ3) is 3.72. The fourth-order valence-corrected chi connectivity index (χ4v) is 2.82. The number of carbonyl (C=O) groups is 1. The topological polar surface area (TPSA) is 94.6 Å². The van der Waals surface area contributed by atoms with Gasteiger partial charge in [0.2, 0.25) is 0 Å². The highest BCUT2D eigenvalue weighted by atomic mass is 35.5. The summed E-state index contributed by atoms with van der Waals surface area (Å²) in [4.78, 5) is 27.1. The van der Waals surface area contributed by atoms with E-state index in [1.165, 1.54) is 16.7 Å². The molecule has 3 rings (SSSR count). The minimum absolute atomic E-state index is 0.00130. The molecule has 3 aromatic rings. The van der Waals surface area contributed by atoms with Crippen LogP contribution >= 0.6 is 11.6 Å². The van der Waals surface area contributed by atoms with Crippen molar-refractivity contribution in [2.45, 2.75) is 32.9 Å². The van der Waals surface area contributed by atoms with E-state index in [0.717, 1.165) is 11.4 Å². The first-order chi connectivity index (χ1) is 12.3. The highest BCUT2D eigenvalue weighted by Crippen LogP contribution is 2.33. The molecule has 7 nitrogen and oxygen atoms in total. The monoisotopic (exact) mass is 376 g/mol. The van der Waals surface area contributed by atoms with Crippen molar-refractivity contribution < 1.29 is 19.1 Å². The number of aromatic nitrogens is 2. The van der Waals surface area contributed by atoms with Crippen molar-refractivity contribution in [1.29, 1.82) is 0 Å². The summed E-state index contributed by atoms with van der Waals surface area (Å²) in [5, 5.41) is 9.10. The molecule has 26 heavy (non-hydrogen) atoms. The quantitative estimate of drug-likeness (QED) is 0.706. The van der Waals surface area contributed by atoms with Gasteiger partial charge in [0.05, 0.1) is 22.7 Å². The first kappa shape index (κ1) is 18.0. The Balaban J connectivity index is 1.92. The van der Waals surface area contributed by atoms with Gasteiger partial charge in [-0.25, -0.2) is 4.79 Å². The van der Waals surface area contributed by atoms with Gasteiger partial charge in [-0.1, -0.05) is 17.7 Å². The van der Waals surface area contributed by atoms with E-state index >= 15 is 0 Å². The third-order valence-electron chi connectivity index (χ3n) is 3.90. The Labute approximate surface area is 153 Å². The first-order valence-corrected chi connectivity index (χ1v) is 8.38. The number of carboxylic acids is 1. The third-order valence-corrected chi connectivity index (χ3v) is 4.20. The predicted molar refractivity (Wildman–Crippen MR) is 95.8 cm³/mol. The van der Waals surface area contributed by atoms with Gasteiger partial charge in [0.1, 0.15) is 11.9 Å². The van der Waals surface area contributed by atoms with Crippen molar-refractivity contribution in [3.63, 3.8) is 0 Å². The molecule has 0 aliphatic rings. The molecular formula is C18H17ClN2O5. The normalized spacial score (nSPS) is 12.3. The Morgan fingerprint density at radius 2 is 2.19 bits per heavy atom. The lowest BCUT2D eigenvalue weighted by molar-refractivity contribution is -0.137. The largest absolute Gasteiger partial charge is 0.483 e. The summed E-state index contributed by atoms with van der Waals surface area (Å²) in [6, 6.07) is 8.71. The number of aliphatic carboxylic acids is 1. The molecule has 0 bridgehead atoms. The SMILES string of the molecule is Cc1cccc(C(C)Oc2cc3oc(=O)n(CCC(=O)O)c3cc2Cl)n1. The second-order valence-corrected chi connectivity index (χ2v) is 6.28. The number of hydrogen-bond donors (Lipinski definition) is 1. The van der Waals surface area contributed by atoms with Gasteiger partial charge in [-0.2, -0.15) is 0 Å². The van der Waals surface area contributed by atoms with E-state index in [2.05, 4.69) is 4.98 Å². The lowest BCUT2D eigenvalue weighted by Gasteiger charge is -2.15. The molecule has 0 spiro atoms. The molecule has 0 fully saturated rings. The van der Waals surface area contributed by atoms with Crippen molar-refractivity contribution in [2.24, 2.45) is 0 Å². The maximum Gasteiger partial charge on any atom is 0.419 e. The van der Waals surface area contributed by atoms with Gasteiger partial charge in [0.25, 0.3) is 0 Å². The molecule has 0 amide bonds. The first-order valence-electron chi connectivity index (χ1n) is 8.00. The van der Waals surface area contributed by atoms with Crippen LogP contribution in [-0.4, -0.2) is 20.6 Å². The lowest BCUT2D eigenvalue weighted by atomic mass is 10.2. The van der Waals surface area contributed by atoms with Crippen LogP contribution in [0.25, 0.3) is 11.1 Å². The summed E-state index contributed by atoms with van der Waals surface area (Å²) in [7, 11) is 0. The zero-order valence-electron chi connectivity index (χ0n) is 14.2. The number of halogens is 1. The van der Waals surface area contributed by atoms with Crippen LogP contribution in [0.4, 0.5) is 0 Å². The smallest absolute Gasteiger partial charge is 0.419 e. The minimum Gasteiger partial charge on any atom is -0.483 e. The van der Waals surface area contributed by atoms with Gasteiger partial charge < -0.3 is 14.3 Å². The molecule has 1 unspecified atom stereocenters. The number of benzene rings is 1. The van der Waals surface area contributed by atoms with E-state index in [4.69, 9.17) is 25.9 Å². The molecule has 0 saturated heterocycles. The summed E-state index contributed by atoms with van der Waals surface area (Å²) >= 11 is 6.29. The average molecular weight is 377 g/mol. The van der Waals surface area contributed by atoms with E-state index in [-0.39, 0.29) is 24.7 Å². The van der Waals surface area contributed by atoms with Crippen molar-refractivity contribution in [3.8, 4) is 5.75 Å². The molecule has 136 valence electrons. The fraction of sp³-hybridized carbons (Fsp3) is 0.278. The molecule has 0 aliphatic heterocycles. The molecule has 0 radical (unpaired) electrons. The Hall–Kier alpha value is -2.80. The Morgan fingerprint density at radius 1 is 1.42 bits per heavy atom. The number of fused-ring (bicyclic) bond motifs is 1. The van der Waals surface area contributed by atoms with Gasteiger partial charge in [0.15, 0.2) is 5.58 Å². The van der Waals surface area contributed by atoms with Gasteiger partial charge >= 0.3 is 11.7 Å². The highest BCUT2D eigenvalue weighted by molar-refractivity contribution is 6.32. The second-order valence-electron chi connectivity index (χ2n) is 5.88. The summed E-state index contributed by atoms with van der Waals surface area (Å²) in [5.41, 5.74) is 2.33. The number of pyridine rings is 1. The van der Waals surface area contributed by atoms with Crippen LogP contribution in [0.3, 0.4) is 0 Å². The van der Waals surface area contributed by atoms with E-state index in [0.29, 0.717) is 16.3 Å². The molecule has 8 heteroatoms. The van der Waals surface area contributed by atoms with Crippen LogP contribution in [0.15, 0.2) is 39.5 Å². The summed E-state index contributed by atoms with van der Waals surface area (Å²) < 4.78 is 12.3. The minimum atomic E-state index is -1.00. The van der Waals surface area contributed by atoms with Crippen molar-refractivity contribution >= 4 is 28.7 Å². The van der Waals surface area contributed by atoms with Gasteiger partial charge in [-0.15, -0.1) is 0 Å². The Bertz CT molecular complexity index is 1020. The van der Waals surface area contributed by atoms with Crippen LogP contribution < -0.4 is 10.5 Å². The summed E-state index contributed by atoms with van der Waals surface area (Å²) in [6.45, 7) is 3.74. The standard InChI is InChI=1S/C18H17ClN2O5/c1-10-4-3-5-13(20-10)11(2)25-15-9-16-14(8-12(15)19)21(18(24)26-16)7-6-17(22)23/h3-5,8-9,11H,6-7H2,1-2H3,(H,22,23). The Kier molecular flexibility index (Phi) is 4.99. The Morgan fingerprint density at radius 3 is 2.88 bits per heavy atom. The van der Waals surface area contributed by atoms with Crippen molar-refractivity contribution in [1.82, 2.24) is 9.55 Å². The zero-order chi connectivity index (χ0) is 18.8. The average Bonchev–Trinajstić information content (AvgIpc) is 2.87. The van der Waals surface area contributed by atoms with Crippen molar-refractivity contribution in [2.75, 3.05) is 0 Å². The van der Waals surface area contributed by atoms with Gasteiger partial charge in [-0.3, -0.25) is 14.3 Å². The second kappa shape index (κ2) is 7.21. The number of carboxylic acid groups (broad SMARTS) is 1. The lowest BCUT2D eigenvalue weighted by Crippen LogP contribution is -2.16. The van der Waals surface area contributed by atoms with Crippen LogP contribution in [0.5, 0.6) is 5.75 Å². The van der Waals surface area contributed by atoms with Crippen LogP contribution in [0.1, 0.15) is 30.8 Å². The molecule has 1 aromatic carbocycles. The van der Waals surface area contributed by atoms with E-state index < -0.39 is 11.7 Å². The van der Waals surface area contributed by atoms with Crippen LogP contribution in [-0.2, 0) is 11.3 Å². The number of nitrogens with zero attached hydrogens (tertiary/aromatic N) is 2. The molecule has 2 aromatic heterocycles. The van der Waals surface area contributed by atoms with E-state index in [9.17, 15) is 9.59 Å². The number of rotatable bonds is 6. The number of aryl methyl sites for hydroxylation is 2. The molecule has 1 N–H and O–H groups in total. The summed E-state index contributed by atoms with van der Waals surface area (Å²) in [5.74, 6) is -1.28. The van der Waals surface area contributed by atoms with Gasteiger partial charge in [-0.05, 0) is 32.0 Å². The number of hydrogen-bond acceptors (Lipinski definition) is 5. The van der Waals surface area contributed by atoms with Crippen LogP contribution in [0, 0.1) is 6.92 Å². The van der Waals surface area contributed by atoms with E-state index in [1.54, 1.807) is 0 Å². The fourth-order valence-electron chi connectivity index (χ4n) is 2.62. The predicted octanol–water partition coefficient (Wildman–Crippen LogP) is 3.57. The van der Waals surface area contributed by atoms with Crippen molar-refractivity contribution in [3.05, 3.63) is 57.3 Å². The van der Waals surface area contributed by atoms with E-state index in [1.807, 2.05) is 32.0 Å². The van der Waals surface area contributed by atoms with Gasteiger partial charge in [0, 0.05) is 18.3 Å². The molecule has 0 aliphatic carbocycles. The maximum atomic E-state index is 12.0.